The van der Waals surface area contributed by atoms with Crippen molar-refractivity contribution in [1.82, 2.24) is 24.4 Å². The summed E-state index contributed by atoms with van der Waals surface area (Å²) in [6, 6.07) is 10.7. The zero-order valence-electron chi connectivity index (χ0n) is 13.4. The van der Waals surface area contributed by atoms with Crippen LogP contribution in [0.5, 0.6) is 0 Å². The Morgan fingerprint density at radius 3 is 2.71 bits per heavy atom. The van der Waals surface area contributed by atoms with Crippen LogP contribution in [0.4, 0.5) is 5.82 Å². The quantitative estimate of drug-likeness (QED) is 0.682. The number of aromatic amines is 1. The maximum atomic E-state index is 8.20. The number of nitrogens with zero attached hydrogens (tertiary/aromatic N) is 4. The fraction of sp³-hybridized carbons (Fsp3) is 0.353. The molecule has 7 nitrogen and oxygen atoms in total. The molecule has 3 aromatic rings. The van der Waals surface area contributed by atoms with E-state index < -0.39 is 0 Å². The summed E-state index contributed by atoms with van der Waals surface area (Å²) in [6.07, 6.45) is 3.50. The molecule has 1 fully saturated rings. The third-order valence-electron chi connectivity index (χ3n) is 4.75. The van der Waals surface area contributed by atoms with Crippen LogP contribution in [-0.2, 0) is 6.54 Å². The van der Waals surface area contributed by atoms with Gasteiger partial charge in [-0.05, 0) is 18.4 Å². The molecule has 4 rings (SSSR count). The summed E-state index contributed by atoms with van der Waals surface area (Å²) in [5.74, 6) is 0.559. The lowest BCUT2D eigenvalue weighted by molar-refractivity contribution is 0.177. The number of anilines is 1. The molecule has 0 atom stereocenters. The molecule has 0 spiro atoms. The molecular formula is C17H21N7. The molecular weight excluding hydrogens is 302 g/mol. The Morgan fingerprint density at radius 2 is 1.96 bits per heavy atom. The van der Waals surface area contributed by atoms with Crippen LogP contribution in [0.3, 0.4) is 0 Å². The number of nitrogens with one attached hydrogen (secondary N) is 2. The van der Waals surface area contributed by atoms with E-state index >= 15 is 0 Å². The van der Waals surface area contributed by atoms with Crippen molar-refractivity contribution < 1.29 is 0 Å². The van der Waals surface area contributed by atoms with Crippen molar-refractivity contribution in [3.63, 3.8) is 0 Å². The van der Waals surface area contributed by atoms with Crippen molar-refractivity contribution in [3.8, 4) is 0 Å². The van der Waals surface area contributed by atoms with Gasteiger partial charge in [-0.15, -0.1) is 0 Å². The first-order valence-corrected chi connectivity index (χ1v) is 8.24. The highest BCUT2D eigenvalue weighted by Gasteiger charge is 2.23. The van der Waals surface area contributed by atoms with Gasteiger partial charge in [0.2, 0.25) is 5.62 Å². The van der Waals surface area contributed by atoms with Crippen molar-refractivity contribution in [3.05, 3.63) is 47.8 Å². The number of benzene rings is 1. The van der Waals surface area contributed by atoms with Crippen LogP contribution in [0.25, 0.3) is 11.2 Å². The van der Waals surface area contributed by atoms with Gasteiger partial charge >= 0.3 is 0 Å². The van der Waals surface area contributed by atoms with Crippen LogP contribution < -0.4 is 11.4 Å². The molecule has 0 radical (unpaired) electrons. The average Bonchev–Trinajstić information content (AvgIpc) is 3.06. The molecule has 3 heterocycles. The fourth-order valence-corrected chi connectivity index (χ4v) is 3.50. The van der Waals surface area contributed by atoms with E-state index in [4.69, 9.17) is 11.1 Å². The van der Waals surface area contributed by atoms with Crippen molar-refractivity contribution in [2.45, 2.75) is 25.4 Å². The molecule has 0 unspecified atom stereocenters. The number of likely N-dealkylation sites (tertiary alicyclic amines) is 1. The van der Waals surface area contributed by atoms with Crippen LogP contribution in [-0.4, -0.2) is 37.5 Å². The smallest absolute Gasteiger partial charge is 0.225 e. The van der Waals surface area contributed by atoms with Crippen LogP contribution in [0.2, 0.25) is 0 Å². The minimum atomic E-state index is 0.189. The van der Waals surface area contributed by atoms with Gasteiger partial charge < -0.3 is 10.7 Å². The molecule has 7 heteroatoms. The molecule has 1 aliphatic heterocycles. The van der Waals surface area contributed by atoms with Gasteiger partial charge in [0, 0.05) is 25.7 Å². The Balaban J connectivity index is 1.51. The number of rotatable bonds is 3. The molecule has 24 heavy (non-hydrogen) atoms. The Morgan fingerprint density at radius 1 is 1.21 bits per heavy atom. The SMILES string of the molecule is N=c1nc2nc[nH]c2c(N)n1C1CCN(Cc2ccccc2)CC1. The van der Waals surface area contributed by atoms with E-state index in [1.165, 1.54) is 5.56 Å². The summed E-state index contributed by atoms with van der Waals surface area (Å²) in [5, 5.41) is 8.20. The van der Waals surface area contributed by atoms with Crippen molar-refractivity contribution in [1.29, 1.82) is 5.41 Å². The predicted octanol–water partition coefficient (Wildman–Crippen LogP) is 1.66. The fourth-order valence-electron chi connectivity index (χ4n) is 3.50. The summed E-state index contributed by atoms with van der Waals surface area (Å²) >= 11 is 0. The van der Waals surface area contributed by atoms with Gasteiger partial charge in [-0.2, -0.15) is 4.98 Å². The van der Waals surface area contributed by atoms with E-state index in [1.54, 1.807) is 6.33 Å². The second-order valence-electron chi connectivity index (χ2n) is 6.28. The van der Waals surface area contributed by atoms with Gasteiger partial charge in [0.25, 0.3) is 0 Å². The van der Waals surface area contributed by atoms with Gasteiger partial charge in [0.05, 0.1) is 6.33 Å². The van der Waals surface area contributed by atoms with Gasteiger partial charge in [-0.25, -0.2) is 4.98 Å². The number of imidazole rings is 1. The molecule has 0 amide bonds. The van der Waals surface area contributed by atoms with Crippen LogP contribution in [0.15, 0.2) is 36.7 Å². The average molecular weight is 323 g/mol. The Kier molecular flexibility index (Phi) is 3.78. The number of nitrogen functional groups attached to an aromatic ring is 1. The first kappa shape index (κ1) is 14.9. The molecule has 1 aromatic carbocycles. The van der Waals surface area contributed by atoms with Crippen molar-refractivity contribution >= 4 is 17.0 Å². The van der Waals surface area contributed by atoms with Crippen LogP contribution in [0, 0.1) is 5.41 Å². The summed E-state index contributed by atoms with van der Waals surface area (Å²) in [5.41, 5.74) is 9.03. The molecule has 124 valence electrons. The minimum Gasteiger partial charge on any atom is -0.383 e. The first-order chi connectivity index (χ1) is 11.7. The summed E-state index contributed by atoms with van der Waals surface area (Å²) < 4.78 is 1.85. The third kappa shape index (κ3) is 2.67. The Hall–Kier alpha value is -2.67. The summed E-state index contributed by atoms with van der Waals surface area (Å²) in [7, 11) is 0. The van der Waals surface area contributed by atoms with E-state index in [-0.39, 0.29) is 11.7 Å². The highest BCUT2D eigenvalue weighted by atomic mass is 15.2. The maximum Gasteiger partial charge on any atom is 0.225 e. The molecule has 0 bridgehead atoms. The predicted molar refractivity (Wildman–Crippen MR) is 92.1 cm³/mol. The van der Waals surface area contributed by atoms with Crippen molar-refractivity contribution in [2.24, 2.45) is 0 Å². The van der Waals surface area contributed by atoms with E-state index in [1.807, 2.05) is 10.6 Å². The van der Waals surface area contributed by atoms with E-state index in [2.05, 4.69) is 44.1 Å². The van der Waals surface area contributed by atoms with Crippen LogP contribution >= 0.6 is 0 Å². The number of piperidine rings is 1. The molecule has 2 aromatic heterocycles. The number of H-pyrrole nitrogens is 1. The lowest BCUT2D eigenvalue weighted by Gasteiger charge is -2.33. The second-order valence-corrected chi connectivity index (χ2v) is 6.28. The third-order valence-corrected chi connectivity index (χ3v) is 4.75. The van der Waals surface area contributed by atoms with Crippen LogP contribution in [0.1, 0.15) is 24.4 Å². The number of nitrogens with two attached hydrogens (primary N) is 1. The van der Waals surface area contributed by atoms with Crippen molar-refractivity contribution in [2.75, 3.05) is 18.8 Å². The zero-order valence-corrected chi connectivity index (χ0v) is 13.4. The largest absolute Gasteiger partial charge is 0.383 e. The maximum absolute atomic E-state index is 8.20. The standard InChI is InChI=1S/C17H21N7/c18-15-14-16(21-11-20-14)22-17(19)24(15)13-6-8-23(9-7-13)10-12-4-2-1-3-5-12/h1-5,11,13H,6-10,18H2,(H2,19,20,21,22). The number of hydrogen-bond acceptors (Lipinski definition) is 5. The van der Waals surface area contributed by atoms with E-state index in [0.717, 1.165) is 38.0 Å². The summed E-state index contributed by atoms with van der Waals surface area (Å²) in [6.45, 7) is 2.96. The van der Waals surface area contributed by atoms with Gasteiger partial charge in [-0.3, -0.25) is 14.9 Å². The number of aromatic nitrogens is 4. The molecule has 0 aliphatic carbocycles. The summed E-state index contributed by atoms with van der Waals surface area (Å²) in [4.78, 5) is 13.8. The normalized spacial score (nSPS) is 16.7. The monoisotopic (exact) mass is 323 g/mol. The van der Waals surface area contributed by atoms with Gasteiger partial charge in [0.15, 0.2) is 5.65 Å². The topological polar surface area (TPSA) is 99.6 Å². The highest BCUT2D eigenvalue weighted by Crippen LogP contribution is 2.26. The lowest BCUT2D eigenvalue weighted by Crippen LogP contribution is -2.38. The zero-order chi connectivity index (χ0) is 16.5. The molecule has 1 saturated heterocycles. The van der Waals surface area contributed by atoms with Gasteiger partial charge in [0.1, 0.15) is 11.3 Å². The first-order valence-electron chi connectivity index (χ1n) is 8.24. The lowest BCUT2D eigenvalue weighted by atomic mass is 10.0. The minimum absolute atomic E-state index is 0.189. The number of hydrogen-bond donors (Lipinski definition) is 3. The number of fused-ring (bicyclic) bond motifs is 1. The Labute approximate surface area is 139 Å². The molecule has 1 aliphatic rings. The Bertz CT molecular complexity index is 888. The highest BCUT2D eigenvalue weighted by molar-refractivity contribution is 5.80. The van der Waals surface area contributed by atoms with Gasteiger partial charge in [-0.1, -0.05) is 30.3 Å². The molecule has 4 N–H and O–H groups in total. The van der Waals surface area contributed by atoms with E-state index in [9.17, 15) is 0 Å². The molecule has 0 saturated carbocycles. The van der Waals surface area contributed by atoms with E-state index in [0.29, 0.717) is 11.5 Å². The second kappa shape index (κ2) is 6.09.